The van der Waals surface area contributed by atoms with E-state index in [0.29, 0.717) is 23.5 Å². The van der Waals surface area contributed by atoms with Crippen LogP contribution in [-0.2, 0) is 4.74 Å². The molecule has 1 heterocycles. The van der Waals surface area contributed by atoms with Crippen LogP contribution in [0.4, 0.5) is 5.69 Å². The number of nitrogen functional groups attached to an aromatic ring is 1. The van der Waals surface area contributed by atoms with Crippen LogP contribution in [0.5, 0.6) is 0 Å². The summed E-state index contributed by atoms with van der Waals surface area (Å²) in [5.74, 6) is -0.398. The summed E-state index contributed by atoms with van der Waals surface area (Å²) in [5.41, 5.74) is 7.38. The van der Waals surface area contributed by atoms with E-state index in [1.54, 1.807) is 42.2 Å². The van der Waals surface area contributed by atoms with Crippen molar-refractivity contribution in [3.05, 3.63) is 39.7 Å². The Morgan fingerprint density at radius 3 is 2.94 bits per heavy atom. The van der Waals surface area contributed by atoms with Gasteiger partial charge in [-0.1, -0.05) is 6.07 Å². The predicted octanol–water partition coefficient (Wildman–Crippen LogP) is 2.24. The van der Waals surface area contributed by atoms with Crippen LogP contribution in [0.1, 0.15) is 17.3 Å². The second-order valence-electron chi connectivity index (χ2n) is 3.57. The number of anilines is 1. The molecule has 0 aliphatic rings. The minimum atomic E-state index is -0.398. The van der Waals surface area contributed by atoms with Crippen LogP contribution >= 0.6 is 22.6 Å². The lowest BCUT2D eigenvalue weighted by molar-refractivity contribution is 0.0526. The zero-order chi connectivity index (χ0) is 13.1. The van der Waals surface area contributed by atoms with Crippen molar-refractivity contribution < 1.29 is 9.53 Å². The van der Waals surface area contributed by atoms with E-state index in [1.165, 1.54) is 0 Å². The van der Waals surface area contributed by atoms with Crippen molar-refractivity contribution in [3.63, 3.8) is 0 Å². The van der Waals surface area contributed by atoms with Crippen molar-refractivity contribution >= 4 is 34.2 Å². The van der Waals surface area contributed by atoms with Crippen LogP contribution < -0.4 is 5.73 Å². The fourth-order valence-corrected chi connectivity index (χ4v) is 2.00. The number of carbonyl (C=O) groups excluding carboxylic acids is 1. The molecule has 0 unspecified atom stereocenters. The van der Waals surface area contributed by atoms with Gasteiger partial charge in [-0.3, -0.25) is 0 Å². The van der Waals surface area contributed by atoms with Gasteiger partial charge in [0.15, 0.2) is 0 Å². The molecule has 2 N–H and O–H groups in total. The second kappa shape index (κ2) is 5.38. The molecule has 0 fully saturated rings. The second-order valence-corrected chi connectivity index (χ2v) is 4.81. The lowest BCUT2D eigenvalue weighted by Gasteiger charge is -2.11. The van der Waals surface area contributed by atoms with E-state index < -0.39 is 5.97 Å². The van der Waals surface area contributed by atoms with Crippen molar-refractivity contribution in [1.29, 1.82) is 0 Å². The number of esters is 1. The lowest BCUT2D eigenvalue weighted by Crippen LogP contribution is -2.12. The van der Waals surface area contributed by atoms with E-state index in [9.17, 15) is 4.79 Å². The Morgan fingerprint density at radius 2 is 2.33 bits per heavy atom. The number of hydrogen-bond acceptors (Lipinski definition) is 4. The summed E-state index contributed by atoms with van der Waals surface area (Å²) >= 11 is 2.14. The molecule has 2 aromatic rings. The first-order valence-electron chi connectivity index (χ1n) is 5.39. The van der Waals surface area contributed by atoms with Crippen molar-refractivity contribution in [1.82, 2.24) is 9.78 Å². The molecular formula is C12H12IN3O2. The summed E-state index contributed by atoms with van der Waals surface area (Å²) in [6, 6.07) is 5.13. The number of aromatic nitrogens is 2. The fourth-order valence-electron chi connectivity index (χ4n) is 1.61. The average Bonchev–Trinajstić information content (AvgIpc) is 2.75. The molecule has 0 aliphatic carbocycles. The smallest absolute Gasteiger partial charge is 0.340 e. The van der Waals surface area contributed by atoms with E-state index >= 15 is 0 Å². The maximum Gasteiger partial charge on any atom is 0.340 e. The summed E-state index contributed by atoms with van der Waals surface area (Å²) < 4.78 is 7.56. The summed E-state index contributed by atoms with van der Waals surface area (Å²) in [4.78, 5) is 11.9. The topological polar surface area (TPSA) is 70.1 Å². The third-order valence-corrected chi connectivity index (χ3v) is 2.90. The number of nitrogens with zero attached hydrogens (tertiary/aromatic N) is 2. The largest absolute Gasteiger partial charge is 0.462 e. The van der Waals surface area contributed by atoms with Crippen LogP contribution in [0.15, 0.2) is 30.6 Å². The van der Waals surface area contributed by atoms with Crippen LogP contribution in [0.25, 0.3) is 5.69 Å². The summed E-state index contributed by atoms with van der Waals surface area (Å²) in [6.07, 6.45) is 3.50. The molecule has 0 saturated carbocycles. The maximum atomic E-state index is 11.9. The molecule has 0 aliphatic heterocycles. The highest BCUT2D eigenvalue weighted by atomic mass is 127. The highest BCUT2D eigenvalue weighted by molar-refractivity contribution is 14.1. The number of para-hydroxylation sites is 1. The van der Waals surface area contributed by atoms with Gasteiger partial charge in [0.2, 0.25) is 0 Å². The number of hydrogen-bond donors (Lipinski definition) is 1. The third-order valence-electron chi connectivity index (χ3n) is 2.34. The molecule has 6 heteroatoms. The molecular weight excluding hydrogens is 345 g/mol. The predicted molar refractivity (Wildman–Crippen MR) is 76.6 cm³/mol. The average molecular weight is 357 g/mol. The van der Waals surface area contributed by atoms with Crippen molar-refractivity contribution in [2.24, 2.45) is 0 Å². The third kappa shape index (κ3) is 2.47. The molecule has 0 radical (unpaired) electrons. The Bertz CT molecular complexity index is 580. The van der Waals surface area contributed by atoms with Gasteiger partial charge in [-0.25, -0.2) is 9.48 Å². The molecule has 18 heavy (non-hydrogen) atoms. The molecule has 94 valence electrons. The van der Waals surface area contributed by atoms with Crippen molar-refractivity contribution in [2.45, 2.75) is 6.92 Å². The summed E-state index contributed by atoms with van der Waals surface area (Å²) in [6.45, 7) is 2.09. The Morgan fingerprint density at radius 1 is 1.56 bits per heavy atom. The molecule has 2 rings (SSSR count). The number of nitrogens with two attached hydrogens (primary N) is 1. The molecule has 5 nitrogen and oxygen atoms in total. The van der Waals surface area contributed by atoms with Gasteiger partial charge in [0.25, 0.3) is 0 Å². The first kappa shape index (κ1) is 12.9. The zero-order valence-electron chi connectivity index (χ0n) is 9.76. The van der Waals surface area contributed by atoms with Gasteiger partial charge in [0.05, 0.1) is 27.6 Å². The lowest BCUT2D eigenvalue weighted by atomic mass is 10.1. The Labute approximate surface area is 118 Å². The van der Waals surface area contributed by atoms with Gasteiger partial charge in [0.1, 0.15) is 5.69 Å². The van der Waals surface area contributed by atoms with E-state index in [2.05, 4.69) is 27.7 Å². The van der Waals surface area contributed by atoms with Gasteiger partial charge < -0.3 is 10.5 Å². The number of carbonyl (C=O) groups is 1. The quantitative estimate of drug-likeness (QED) is 0.520. The van der Waals surface area contributed by atoms with Crippen LogP contribution in [0.2, 0.25) is 0 Å². The highest BCUT2D eigenvalue weighted by Gasteiger charge is 2.16. The summed E-state index contributed by atoms with van der Waals surface area (Å²) in [5, 5.41) is 4.17. The molecule has 1 aromatic carbocycles. The molecule has 0 saturated heterocycles. The summed E-state index contributed by atoms with van der Waals surface area (Å²) in [7, 11) is 0. The number of ether oxygens (including phenoxy) is 1. The van der Waals surface area contributed by atoms with E-state index in [1.807, 2.05) is 0 Å². The van der Waals surface area contributed by atoms with Crippen molar-refractivity contribution in [3.8, 4) is 5.69 Å². The normalized spacial score (nSPS) is 10.3. The SMILES string of the molecule is CCOC(=O)c1cccc(N)c1-n1cc(I)cn1. The number of rotatable bonds is 3. The van der Waals surface area contributed by atoms with E-state index in [0.717, 1.165) is 3.57 Å². The fraction of sp³-hybridized carbons (Fsp3) is 0.167. The molecule has 1 aromatic heterocycles. The number of halogens is 1. The standard InChI is InChI=1S/C12H12IN3O2/c1-2-18-12(17)9-4-3-5-10(14)11(9)16-7-8(13)6-15-16/h3-7H,2,14H2,1H3. The minimum Gasteiger partial charge on any atom is -0.462 e. The number of benzene rings is 1. The van der Waals surface area contributed by atoms with Gasteiger partial charge in [-0.2, -0.15) is 5.10 Å². The van der Waals surface area contributed by atoms with E-state index in [4.69, 9.17) is 10.5 Å². The molecule has 0 amide bonds. The van der Waals surface area contributed by atoms with Gasteiger partial charge >= 0.3 is 5.97 Å². The highest BCUT2D eigenvalue weighted by Crippen LogP contribution is 2.23. The van der Waals surface area contributed by atoms with E-state index in [-0.39, 0.29) is 0 Å². The zero-order valence-corrected chi connectivity index (χ0v) is 11.9. The maximum absolute atomic E-state index is 11.9. The Balaban J connectivity index is 2.54. The molecule has 0 bridgehead atoms. The first-order chi connectivity index (χ1) is 8.63. The molecule has 0 atom stereocenters. The minimum absolute atomic E-state index is 0.323. The monoisotopic (exact) mass is 357 g/mol. The van der Waals surface area contributed by atoms with Crippen molar-refractivity contribution in [2.75, 3.05) is 12.3 Å². The van der Waals surface area contributed by atoms with Crippen LogP contribution in [-0.4, -0.2) is 22.4 Å². The van der Waals surface area contributed by atoms with Crippen LogP contribution in [0.3, 0.4) is 0 Å². The Kier molecular flexibility index (Phi) is 3.85. The molecule has 0 spiro atoms. The first-order valence-corrected chi connectivity index (χ1v) is 6.47. The van der Waals surface area contributed by atoms with Gasteiger partial charge in [0, 0.05) is 6.20 Å². The van der Waals surface area contributed by atoms with Gasteiger partial charge in [-0.05, 0) is 41.6 Å². The Hall–Kier alpha value is -1.57. The van der Waals surface area contributed by atoms with Gasteiger partial charge in [-0.15, -0.1) is 0 Å². The van der Waals surface area contributed by atoms with Crippen LogP contribution in [0, 0.1) is 3.57 Å².